The molecule has 0 aliphatic carbocycles. The molecule has 1 aromatic heterocycles. The van der Waals surface area contributed by atoms with Crippen LogP contribution < -0.4 is 0 Å². The number of rotatable bonds is 6. The first-order chi connectivity index (χ1) is 13.8. The zero-order valence-corrected chi connectivity index (χ0v) is 16.5. The van der Waals surface area contributed by atoms with Crippen LogP contribution in [0, 0.1) is 0 Å². The molecule has 0 spiro atoms. The van der Waals surface area contributed by atoms with E-state index in [0.29, 0.717) is 11.5 Å². The van der Waals surface area contributed by atoms with Crippen molar-refractivity contribution in [3.8, 4) is 0 Å². The van der Waals surface area contributed by atoms with E-state index in [1.165, 1.54) is 38.6 Å². The number of benzene rings is 2. The zero-order chi connectivity index (χ0) is 19.3. The van der Waals surface area contributed by atoms with Gasteiger partial charge in [-0.15, -0.1) is 0 Å². The Balaban J connectivity index is 1.33. The molecule has 0 saturated carbocycles. The third-order valence-electron chi connectivity index (χ3n) is 5.93. The van der Waals surface area contributed by atoms with Gasteiger partial charge in [-0.05, 0) is 56.4 Å². The van der Waals surface area contributed by atoms with E-state index in [9.17, 15) is 4.79 Å². The van der Waals surface area contributed by atoms with Gasteiger partial charge in [-0.25, -0.2) is 4.79 Å². The predicted octanol–water partition coefficient (Wildman–Crippen LogP) is 4.70. The number of para-hydroxylation sites is 1. The van der Waals surface area contributed by atoms with Gasteiger partial charge in [0, 0.05) is 23.6 Å². The lowest BCUT2D eigenvalue weighted by Gasteiger charge is -2.32. The number of esters is 1. The van der Waals surface area contributed by atoms with E-state index in [1.54, 1.807) is 0 Å². The summed E-state index contributed by atoms with van der Waals surface area (Å²) >= 11 is 0. The average Bonchev–Trinajstić information content (AvgIpc) is 3.13. The fourth-order valence-electron chi connectivity index (χ4n) is 4.38. The molecule has 4 heteroatoms. The van der Waals surface area contributed by atoms with Crippen molar-refractivity contribution in [1.29, 1.82) is 0 Å². The number of aryl methyl sites for hydroxylation is 1. The molecule has 1 aliphatic heterocycles. The van der Waals surface area contributed by atoms with Crippen LogP contribution in [-0.4, -0.2) is 42.2 Å². The molecule has 1 aliphatic rings. The van der Waals surface area contributed by atoms with Gasteiger partial charge < -0.3 is 14.2 Å². The smallest absolute Gasteiger partial charge is 0.340 e. The first kappa shape index (κ1) is 18.8. The quantitative estimate of drug-likeness (QED) is 0.585. The molecule has 0 amide bonds. The zero-order valence-electron chi connectivity index (χ0n) is 16.5. The molecule has 0 radical (unpaired) electrons. The third kappa shape index (κ3) is 3.97. The number of likely N-dealkylation sites (tertiary alicyclic amines) is 1. The summed E-state index contributed by atoms with van der Waals surface area (Å²) in [6.45, 7) is 4.34. The van der Waals surface area contributed by atoms with Crippen LogP contribution in [0.1, 0.15) is 41.1 Å². The fourth-order valence-corrected chi connectivity index (χ4v) is 4.38. The highest BCUT2D eigenvalue weighted by atomic mass is 16.5. The van der Waals surface area contributed by atoms with Gasteiger partial charge in [-0.3, -0.25) is 0 Å². The highest BCUT2D eigenvalue weighted by molar-refractivity contribution is 6.04. The second-order valence-corrected chi connectivity index (χ2v) is 7.63. The summed E-state index contributed by atoms with van der Waals surface area (Å²) in [4.78, 5) is 14.6. The SMILES string of the molecule is COC(=O)c1cn(CCCN2CCC(c3ccccc3)CC2)c2ccccc12. The largest absolute Gasteiger partial charge is 0.465 e. The molecule has 0 atom stereocenters. The number of carbonyl (C=O) groups is 1. The van der Waals surface area contributed by atoms with E-state index in [-0.39, 0.29) is 5.97 Å². The van der Waals surface area contributed by atoms with Crippen LogP contribution in [0.5, 0.6) is 0 Å². The number of ether oxygens (including phenoxy) is 1. The molecule has 4 nitrogen and oxygen atoms in total. The number of carbonyl (C=O) groups excluding carboxylic acids is 1. The molecule has 2 aromatic carbocycles. The Morgan fingerprint density at radius 3 is 2.46 bits per heavy atom. The summed E-state index contributed by atoms with van der Waals surface area (Å²) in [6, 6.07) is 19.0. The standard InChI is InChI=1S/C24H28N2O2/c1-28-24(27)22-18-26(23-11-6-5-10-21(22)23)15-7-14-25-16-12-20(13-17-25)19-8-3-2-4-9-19/h2-6,8-11,18,20H,7,12-17H2,1H3. The van der Waals surface area contributed by atoms with Crippen molar-refractivity contribution < 1.29 is 9.53 Å². The molecular weight excluding hydrogens is 348 g/mol. The number of hydrogen-bond donors (Lipinski definition) is 0. The van der Waals surface area contributed by atoms with Crippen LogP contribution in [0.4, 0.5) is 0 Å². The molecule has 0 unspecified atom stereocenters. The van der Waals surface area contributed by atoms with Crippen molar-refractivity contribution in [2.75, 3.05) is 26.7 Å². The Morgan fingerprint density at radius 2 is 1.71 bits per heavy atom. The average molecular weight is 377 g/mol. The Hall–Kier alpha value is -2.59. The predicted molar refractivity (Wildman–Crippen MR) is 113 cm³/mol. The van der Waals surface area contributed by atoms with Gasteiger partial charge in [-0.2, -0.15) is 0 Å². The summed E-state index contributed by atoms with van der Waals surface area (Å²) in [5.41, 5.74) is 3.24. The van der Waals surface area contributed by atoms with Gasteiger partial charge in [-0.1, -0.05) is 48.5 Å². The van der Waals surface area contributed by atoms with Crippen LogP contribution in [0.2, 0.25) is 0 Å². The van der Waals surface area contributed by atoms with E-state index >= 15 is 0 Å². The molecule has 4 rings (SSSR count). The lowest BCUT2D eigenvalue weighted by molar-refractivity contribution is 0.0602. The van der Waals surface area contributed by atoms with Gasteiger partial charge in [0.05, 0.1) is 12.7 Å². The number of aromatic nitrogens is 1. The van der Waals surface area contributed by atoms with Crippen LogP contribution in [0.25, 0.3) is 10.9 Å². The van der Waals surface area contributed by atoms with Crippen LogP contribution in [0.15, 0.2) is 60.8 Å². The maximum absolute atomic E-state index is 12.1. The van der Waals surface area contributed by atoms with Gasteiger partial charge >= 0.3 is 5.97 Å². The maximum atomic E-state index is 12.1. The van der Waals surface area contributed by atoms with Gasteiger partial charge in [0.1, 0.15) is 0 Å². The third-order valence-corrected chi connectivity index (χ3v) is 5.93. The van der Waals surface area contributed by atoms with Crippen molar-refractivity contribution in [1.82, 2.24) is 9.47 Å². The summed E-state index contributed by atoms with van der Waals surface area (Å²) in [5, 5.41) is 0.970. The highest BCUT2D eigenvalue weighted by Crippen LogP contribution is 2.28. The van der Waals surface area contributed by atoms with E-state index in [2.05, 4.69) is 45.9 Å². The summed E-state index contributed by atoms with van der Waals surface area (Å²) in [6.07, 6.45) is 5.50. The molecule has 0 bridgehead atoms. The Bertz CT molecular complexity index is 924. The highest BCUT2D eigenvalue weighted by Gasteiger charge is 2.20. The van der Waals surface area contributed by atoms with E-state index in [0.717, 1.165) is 30.4 Å². The molecule has 1 saturated heterocycles. The van der Waals surface area contributed by atoms with Crippen molar-refractivity contribution in [2.24, 2.45) is 0 Å². The normalized spacial score (nSPS) is 15.8. The first-order valence-corrected chi connectivity index (χ1v) is 10.2. The lowest BCUT2D eigenvalue weighted by atomic mass is 9.89. The Morgan fingerprint density at radius 1 is 1.00 bits per heavy atom. The molecular formula is C24H28N2O2. The number of methoxy groups -OCH3 is 1. The van der Waals surface area contributed by atoms with E-state index in [4.69, 9.17) is 4.74 Å². The maximum Gasteiger partial charge on any atom is 0.340 e. The minimum Gasteiger partial charge on any atom is -0.465 e. The monoisotopic (exact) mass is 376 g/mol. The molecule has 1 fully saturated rings. The fraction of sp³-hybridized carbons (Fsp3) is 0.375. The van der Waals surface area contributed by atoms with Crippen LogP contribution in [-0.2, 0) is 11.3 Å². The minimum atomic E-state index is -0.266. The van der Waals surface area contributed by atoms with E-state index < -0.39 is 0 Å². The van der Waals surface area contributed by atoms with Crippen LogP contribution in [0.3, 0.4) is 0 Å². The first-order valence-electron chi connectivity index (χ1n) is 10.2. The number of nitrogens with zero attached hydrogens (tertiary/aromatic N) is 2. The lowest BCUT2D eigenvalue weighted by Crippen LogP contribution is -2.34. The molecule has 2 heterocycles. The summed E-state index contributed by atoms with van der Waals surface area (Å²) in [7, 11) is 1.44. The molecule has 0 N–H and O–H groups in total. The number of piperidine rings is 1. The summed E-state index contributed by atoms with van der Waals surface area (Å²) < 4.78 is 7.14. The molecule has 3 aromatic rings. The van der Waals surface area contributed by atoms with Crippen molar-refractivity contribution in [3.63, 3.8) is 0 Å². The van der Waals surface area contributed by atoms with Crippen molar-refractivity contribution in [3.05, 3.63) is 71.9 Å². The number of hydrogen-bond acceptors (Lipinski definition) is 3. The number of fused-ring (bicyclic) bond motifs is 1. The summed E-state index contributed by atoms with van der Waals surface area (Å²) in [5.74, 6) is 0.436. The van der Waals surface area contributed by atoms with Crippen LogP contribution >= 0.6 is 0 Å². The van der Waals surface area contributed by atoms with Gasteiger partial charge in [0.15, 0.2) is 0 Å². The Labute approximate surface area is 166 Å². The van der Waals surface area contributed by atoms with E-state index in [1.807, 2.05) is 24.4 Å². The van der Waals surface area contributed by atoms with Gasteiger partial charge in [0.25, 0.3) is 0 Å². The molecule has 146 valence electrons. The minimum absolute atomic E-state index is 0.266. The molecule has 28 heavy (non-hydrogen) atoms. The Kier molecular flexibility index (Phi) is 5.77. The topological polar surface area (TPSA) is 34.5 Å². The van der Waals surface area contributed by atoms with Crippen molar-refractivity contribution >= 4 is 16.9 Å². The van der Waals surface area contributed by atoms with Crippen molar-refractivity contribution in [2.45, 2.75) is 31.7 Å². The second-order valence-electron chi connectivity index (χ2n) is 7.63. The van der Waals surface area contributed by atoms with Gasteiger partial charge in [0.2, 0.25) is 0 Å². The second kappa shape index (κ2) is 8.61.